The van der Waals surface area contributed by atoms with Gasteiger partial charge in [0.15, 0.2) is 0 Å². The molecule has 16 heavy (non-hydrogen) atoms. The van der Waals surface area contributed by atoms with Crippen LogP contribution in [0.3, 0.4) is 0 Å². The van der Waals surface area contributed by atoms with E-state index in [9.17, 15) is 9.59 Å². The molecule has 4 heteroatoms. The number of hydrogen-bond donors (Lipinski definition) is 2. The van der Waals surface area contributed by atoms with Gasteiger partial charge < -0.3 is 10.6 Å². The van der Waals surface area contributed by atoms with Crippen LogP contribution in [0.1, 0.15) is 46.0 Å². The third kappa shape index (κ3) is 4.64. The van der Waals surface area contributed by atoms with Crippen molar-refractivity contribution in [2.45, 2.75) is 52.0 Å². The third-order valence-corrected chi connectivity index (χ3v) is 2.85. The maximum atomic E-state index is 11.7. The van der Waals surface area contributed by atoms with Gasteiger partial charge in [-0.05, 0) is 26.7 Å². The molecule has 0 radical (unpaired) electrons. The summed E-state index contributed by atoms with van der Waals surface area (Å²) in [6.07, 6.45) is 5.44. The van der Waals surface area contributed by atoms with Crippen molar-refractivity contribution in [1.29, 1.82) is 0 Å². The minimum Gasteiger partial charge on any atom is -0.352 e. The SMILES string of the molecule is CC(C)NC(=O)CNC(=O)C1CCCCC1. The molecule has 0 aromatic heterocycles. The molecule has 0 unspecified atom stereocenters. The van der Waals surface area contributed by atoms with E-state index in [1.807, 2.05) is 13.8 Å². The lowest BCUT2D eigenvalue weighted by Crippen LogP contribution is -2.42. The van der Waals surface area contributed by atoms with Crippen LogP contribution in [0.2, 0.25) is 0 Å². The van der Waals surface area contributed by atoms with Gasteiger partial charge in [-0.2, -0.15) is 0 Å². The number of amides is 2. The standard InChI is InChI=1S/C12H22N2O2/c1-9(2)14-11(15)8-13-12(16)10-6-4-3-5-7-10/h9-10H,3-8H2,1-2H3,(H,13,16)(H,14,15). The van der Waals surface area contributed by atoms with Crippen LogP contribution in [-0.4, -0.2) is 24.4 Å². The molecule has 0 aromatic rings. The normalized spacial score (nSPS) is 17.2. The molecule has 1 aliphatic rings. The van der Waals surface area contributed by atoms with Crippen molar-refractivity contribution < 1.29 is 9.59 Å². The van der Waals surface area contributed by atoms with Crippen molar-refractivity contribution in [3.8, 4) is 0 Å². The van der Waals surface area contributed by atoms with Crippen LogP contribution in [0.15, 0.2) is 0 Å². The third-order valence-electron chi connectivity index (χ3n) is 2.85. The van der Waals surface area contributed by atoms with Gasteiger partial charge in [0.1, 0.15) is 0 Å². The maximum Gasteiger partial charge on any atom is 0.239 e. The highest BCUT2D eigenvalue weighted by Crippen LogP contribution is 2.23. The molecule has 0 heterocycles. The summed E-state index contributed by atoms with van der Waals surface area (Å²) in [5.41, 5.74) is 0. The predicted molar refractivity (Wildman–Crippen MR) is 62.9 cm³/mol. The molecule has 92 valence electrons. The summed E-state index contributed by atoms with van der Waals surface area (Å²) in [4.78, 5) is 23.0. The highest BCUT2D eigenvalue weighted by atomic mass is 16.2. The molecule has 2 amide bonds. The van der Waals surface area contributed by atoms with Crippen molar-refractivity contribution in [3.63, 3.8) is 0 Å². The lowest BCUT2D eigenvalue weighted by molar-refractivity contribution is -0.129. The summed E-state index contributed by atoms with van der Waals surface area (Å²) in [5.74, 6) is 0.0540. The molecular formula is C12H22N2O2. The van der Waals surface area contributed by atoms with Crippen LogP contribution in [0.4, 0.5) is 0 Å². The molecule has 0 aliphatic heterocycles. The smallest absolute Gasteiger partial charge is 0.239 e. The van der Waals surface area contributed by atoms with E-state index in [2.05, 4.69) is 10.6 Å². The van der Waals surface area contributed by atoms with E-state index in [1.165, 1.54) is 6.42 Å². The largest absolute Gasteiger partial charge is 0.352 e. The number of hydrogen-bond acceptors (Lipinski definition) is 2. The van der Waals surface area contributed by atoms with Crippen molar-refractivity contribution in [3.05, 3.63) is 0 Å². The van der Waals surface area contributed by atoms with Crippen LogP contribution in [-0.2, 0) is 9.59 Å². The molecular weight excluding hydrogens is 204 g/mol. The second-order valence-electron chi connectivity index (χ2n) is 4.77. The van der Waals surface area contributed by atoms with Crippen molar-refractivity contribution in [2.24, 2.45) is 5.92 Å². The van der Waals surface area contributed by atoms with Crippen LogP contribution in [0.25, 0.3) is 0 Å². The summed E-state index contributed by atoms with van der Waals surface area (Å²) < 4.78 is 0. The Morgan fingerprint density at radius 2 is 1.81 bits per heavy atom. The quantitative estimate of drug-likeness (QED) is 0.757. The average Bonchev–Trinajstić information content (AvgIpc) is 2.26. The monoisotopic (exact) mass is 226 g/mol. The number of rotatable bonds is 4. The van der Waals surface area contributed by atoms with Gasteiger partial charge in [0.25, 0.3) is 0 Å². The Balaban J connectivity index is 2.21. The van der Waals surface area contributed by atoms with Crippen LogP contribution >= 0.6 is 0 Å². The fourth-order valence-corrected chi connectivity index (χ4v) is 2.05. The van der Waals surface area contributed by atoms with Gasteiger partial charge >= 0.3 is 0 Å². The molecule has 0 aromatic carbocycles. The molecule has 1 fully saturated rings. The summed E-state index contributed by atoms with van der Waals surface area (Å²) in [6, 6.07) is 0.124. The Morgan fingerprint density at radius 1 is 1.19 bits per heavy atom. The fourth-order valence-electron chi connectivity index (χ4n) is 2.05. The Kier molecular flexibility index (Phi) is 5.29. The van der Waals surface area contributed by atoms with E-state index in [4.69, 9.17) is 0 Å². The van der Waals surface area contributed by atoms with Gasteiger partial charge in [0.2, 0.25) is 11.8 Å². The molecule has 2 N–H and O–H groups in total. The van der Waals surface area contributed by atoms with E-state index in [1.54, 1.807) is 0 Å². The topological polar surface area (TPSA) is 58.2 Å². The highest BCUT2D eigenvalue weighted by molar-refractivity contribution is 5.85. The summed E-state index contributed by atoms with van der Waals surface area (Å²) in [7, 11) is 0. The zero-order valence-corrected chi connectivity index (χ0v) is 10.2. The molecule has 1 saturated carbocycles. The second kappa shape index (κ2) is 6.51. The highest BCUT2D eigenvalue weighted by Gasteiger charge is 2.21. The summed E-state index contributed by atoms with van der Waals surface area (Å²) >= 11 is 0. The van der Waals surface area contributed by atoms with E-state index in [0.717, 1.165) is 25.7 Å². The van der Waals surface area contributed by atoms with Crippen LogP contribution < -0.4 is 10.6 Å². The number of carbonyl (C=O) groups excluding carboxylic acids is 2. The van der Waals surface area contributed by atoms with E-state index < -0.39 is 0 Å². The zero-order chi connectivity index (χ0) is 12.0. The minimum atomic E-state index is -0.112. The van der Waals surface area contributed by atoms with E-state index in [-0.39, 0.29) is 30.3 Å². The molecule has 0 saturated heterocycles. The van der Waals surface area contributed by atoms with Gasteiger partial charge in [0, 0.05) is 12.0 Å². The Morgan fingerprint density at radius 3 is 2.38 bits per heavy atom. The molecule has 1 rings (SSSR count). The molecule has 1 aliphatic carbocycles. The van der Waals surface area contributed by atoms with Gasteiger partial charge in [-0.3, -0.25) is 9.59 Å². The zero-order valence-electron chi connectivity index (χ0n) is 10.2. The molecule has 4 nitrogen and oxygen atoms in total. The second-order valence-corrected chi connectivity index (χ2v) is 4.77. The number of carbonyl (C=O) groups is 2. The summed E-state index contributed by atoms with van der Waals surface area (Å²) in [5, 5.41) is 5.45. The first-order valence-corrected chi connectivity index (χ1v) is 6.16. The van der Waals surface area contributed by atoms with Gasteiger partial charge in [-0.25, -0.2) is 0 Å². The predicted octanol–water partition coefficient (Wildman–Crippen LogP) is 1.21. The van der Waals surface area contributed by atoms with Crippen LogP contribution in [0.5, 0.6) is 0 Å². The van der Waals surface area contributed by atoms with Crippen molar-refractivity contribution in [1.82, 2.24) is 10.6 Å². The van der Waals surface area contributed by atoms with Gasteiger partial charge in [-0.15, -0.1) is 0 Å². The minimum absolute atomic E-state index is 0.0404. The summed E-state index contributed by atoms with van der Waals surface area (Å²) in [6.45, 7) is 3.91. The molecule has 0 bridgehead atoms. The first-order valence-electron chi connectivity index (χ1n) is 6.16. The Hall–Kier alpha value is -1.06. The van der Waals surface area contributed by atoms with Crippen molar-refractivity contribution in [2.75, 3.05) is 6.54 Å². The van der Waals surface area contributed by atoms with Gasteiger partial charge in [0.05, 0.1) is 6.54 Å². The maximum absolute atomic E-state index is 11.7. The van der Waals surface area contributed by atoms with Crippen molar-refractivity contribution >= 4 is 11.8 Å². The lowest BCUT2D eigenvalue weighted by Gasteiger charge is -2.20. The number of nitrogens with one attached hydrogen (secondary N) is 2. The average molecular weight is 226 g/mol. The Bertz CT molecular complexity index is 245. The molecule has 0 spiro atoms. The van der Waals surface area contributed by atoms with Crippen LogP contribution in [0, 0.1) is 5.92 Å². The Labute approximate surface area is 97.2 Å². The fraction of sp³-hybridized carbons (Fsp3) is 0.833. The first-order chi connectivity index (χ1) is 7.59. The lowest BCUT2D eigenvalue weighted by atomic mass is 9.89. The van der Waals surface area contributed by atoms with Gasteiger partial charge in [-0.1, -0.05) is 19.3 Å². The van der Waals surface area contributed by atoms with E-state index >= 15 is 0 Å². The molecule has 0 atom stereocenters. The first kappa shape index (κ1) is 13.0. The van der Waals surface area contributed by atoms with E-state index in [0.29, 0.717) is 0 Å².